The van der Waals surface area contributed by atoms with Crippen LogP contribution in [0.15, 0.2) is 18.3 Å². The quantitative estimate of drug-likeness (QED) is 0.893. The molecule has 0 aromatic carbocycles. The molecule has 0 amide bonds. The van der Waals surface area contributed by atoms with Crippen LogP contribution in [0.4, 0.5) is 4.39 Å². The van der Waals surface area contributed by atoms with Crippen molar-refractivity contribution in [2.45, 2.75) is 38.3 Å². The highest BCUT2D eigenvalue weighted by Crippen LogP contribution is 2.21. The molecule has 17 heavy (non-hydrogen) atoms. The number of pyridine rings is 1. The van der Waals surface area contributed by atoms with Gasteiger partial charge in [0.2, 0.25) is 0 Å². The molecule has 0 spiro atoms. The normalized spacial score (nSPS) is 22.4. The second-order valence-corrected chi connectivity index (χ2v) is 5.59. The molecule has 1 aromatic rings. The average Bonchev–Trinajstić information content (AvgIpc) is 2.38. The molecule has 94 valence electrons. The summed E-state index contributed by atoms with van der Waals surface area (Å²) in [6.45, 7) is 2.14. The van der Waals surface area contributed by atoms with E-state index in [0.717, 1.165) is 12.1 Å². The highest BCUT2D eigenvalue weighted by molar-refractivity contribution is 7.99. The SMILES string of the molecule is CCC(NC1CCCSC1)c1ccc(F)cn1. The van der Waals surface area contributed by atoms with E-state index in [-0.39, 0.29) is 11.9 Å². The molecule has 1 N–H and O–H groups in total. The van der Waals surface area contributed by atoms with E-state index in [1.54, 1.807) is 6.07 Å². The van der Waals surface area contributed by atoms with E-state index in [9.17, 15) is 4.39 Å². The zero-order chi connectivity index (χ0) is 12.1. The van der Waals surface area contributed by atoms with Crippen LogP contribution >= 0.6 is 11.8 Å². The maximum Gasteiger partial charge on any atom is 0.141 e. The Hall–Kier alpha value is -0.610. The maximum absolute atomic E-state index is 12.8. The Morgan fingerprint density at radius 3 is 3.06 bits per heavy atom. The van der Waals surface area contributed by atoms with Crippen molar-refractivity contribution >= 4 is 11.8 Å². The summed E-state index contributed by atoms with van der Waals surface area (Å²) in [5.74, 6) is 2.19. The lowest BCUT2D eigenvalue weighted by Crippen LogP contribution is -2.36. The lowest BCUT2D eigenvalue weighted by molar-refractivity contribution is 0.417. The van der Waals surface area contributed by atoms with E-state index in [1.165, 1.54) is 36.6 Å². The van der Waals surface area contributed by atoms with Gasteiger partial charge in [0.25, 0.3) is 0 Å². The van der Waals surface area contributed by atoms with Crippen LogP contribution < -0.4 is 5.32 Å². The van der Waals surface area contributed by atoms with Crippen molar-refractivity contribution in [3.05, 3.63) is 29.8 Å². The second kappa shape index (κ2) is 6.36. The minimum Gasteiger partial charge on any atom is -0.305 e. The fourth-order valence-electron chi connectivity index (χ4n) is 2.16. The Labute approximate surface area is 106 Å². The van der Waals surface area contributed by atoms with E-state index in [2.05, 4.69) is 17.2 Å². The maximum atomic E-state index is 12.8. The smallest absolute Gasteiger partial charge is 0.141 e. The molecule has 1 aliphatic heterocycles. The number of hydrogen-bond acceptors (Lipinski definition) is 3. The predicted octanol–water partition coefficient (Wildman–Crippen LogP) is 3.16. The summed E-state index contributed by atoms with van der Waals surface area (Å²) < 4.78 is 12.8. The van der Waals surface area contributed by atoms with Crippen molar-refractivity contribution in [2.24, 2.45) is 0 Å². The van der Waals surface area contributed by atoms with Crippen LogP contribution in [0.2, 0.25) is 0 Å². The van der Waals surface area contributed by atoms with Crippen LogP contribution in [0.25, 0.3) is 0 Å². The Balaban J connectivity index is 1.97. The number of hydrogen-bond donors (Lipinski definition) is 1. The highest BCUT2D eigenvalue weighted by Gasteiger charge is 2.18. The number of nitrogens with one attached hydrogen (secondary N) is 1. The van der Waals surface area contributed by atoms with Gasteiger partial charge >= 0.3 is 0 Å². The van der Waals surface area contributed by atoms with Gasteiger partial charge in [0.1, 0.15) is 5.82 Å². The monoisotopic (exact) mass is 254 g/mol. The fourth-order valence-corrected chi connectivity index (χ4v) is 3.25. The third-order valence-corrected chi connectivity index (χ3v) is 4.33. The summed E-state index contributed by atoms with van der Waals surface area (Å²) in [4.78, 5) is 4.17. The van der Waals surface area contributed by atoms with Crippen LogP contribution in [0.1, 0.15) is 37.9 Å². The number of nitrogens with zero attached hydrogens (tertiary/aromatic N) is 1. The van der Waals surface area contributed by atoms with E-state index in [4.69, 9.17) is 0 Å². The van der Waals surface area contributed by atoms with Crippen molar-refractivity contribution in [3.63, 3.8) is 0 Å². The van der Waals surface area contributed by atoms with Gasteiger partial charge in [0.05, 0.1) is 11.9 Å². The summed E-state index contributed by atoms with van der Waals surface area (Å²) in [5.41, 5.74) is 0.949. The van der Waals surface area contributed by atoms with Crippen molar-refractivity contribution in [1.29, 1.82) is 0 Å². The Kier molecular flexibility index (Phi) is 4.80. The minimum atomic E-state index is -0.267. The zero-order valence-electron chi connectivity index (χ0n) is 10.2. The summed E-state index contributed by atoms with van der Waals surface area (Å²) >= 11 is 2.01. The molecule has 1 aromatic heterocycles. The van der Waals surface area contributed by atoms with Gasteiger partial charge < -0.3 is 5.32 Å². The number of rotatable bonds is 4. The van der Waals surface area contributed by atoms with Gasteiger partial charge in [-0.1, -0.05) is 6.92 Å². The van der Waals surface area contributed by atoms with Crippen molar-refractivity contribution in [3.8, 4) is 0 Å². The molecule has 0 aliphatic carbocycles. The molecule has 2 nitrogen and oxygen atoms in total. The zero-order valence-corrected chi connectivity index (χ0v) is 11.0. The van der Waals surface area contributed by atoms with E-state index >= 15 is 0 Å². The van der Waals surface area contributed by atoms with Gasteiger partial charge in [-0.25, -0.2) is 4.39 Å². The third kappa shape index (κ3) is 3.68. The highest BCUT2D eigenvalue weighted by atomic mass is 32.2. The van der Waals surface area contributed by atoms with E-state index < -0.39 is 0 Å². The summed E-state index contributed by atoms with van der Waals surface area (Å²) in [6.07, 6.45) is 4.81. The molecule has 0 bridgehead atoms. The number of aromatic nitrogens is 1. The number of halogens is 1. The molecule has 4 heteroatoms. The fraction of sp³-hybridized carbons (Fsp3) is 0.615. The van der Waals surface area contributed by atoms with Gasteiger partial charge in [-0.2, -0.15) is 11.8 Å². The van der Waals surface area contributed by atoms with Crippen LogP contribution in [-0.4, -0.2) is 22.5 Å². The molecule has 2 heterocycles. The molecular formula is C13H19FN2S. The Morgan fingerprint density at radius 1 is 1.59 bits per heavy atom. The van der Waals surface area contributed by atoms with Gasteiger partial charge in [-0.15, -0.1) is 0 Å². The van der Waals surface area contributed by atoms with E-state index in [1.807, 2.05) is 11.8 Å². The molecule has 0 saturated carbocycles. The summed E-state index contributed by atoms with van der Waals surface area (Å²) in [6, 6.07) is 4.10. The molecule has 1 saturated heterocycles. The van der Waals surface area contributed by atoms with Crippen LogP contribution in [-0.2, 0) is 0 Å². The lowest BCUT2D eigenvalue weighted by Gasteiger charge is -2.27. The Bertz CT molecular complexity index is 336. The molecule has 0 radical (unpaired) electrons. The molecule has 2 unspecified atom stereocenters. The average molecular weight is 254 g/mol. The predicted molar refractivity (Wildman–Crippen MR) is 70.7 cm³/mol. The van der Waals surface area contributed by atoms with E-state index in [0.29, 0.717) is 6.04 Å². The van der Waals surface area contributed by atoms with Crippen LogP contribution in [0.3, 0.4) is 0 Å². The van der Waals surface area contributed by atoms with Gasteiger partial charge in [0.15, 0.2) is 0 Å². The van der Waals surface area contributed by atoms with Crippen LogP contribution in [0, 0.1) is 5.82 Å². The second-order valence-electron chi connectivity index (χ2n) is 4.44. The molecule has 2 atom stereocenters. The molecule has 2 rings (SSSR count). The topological polar surface area (TPSA) is 24.9 Å². The van der Waals surface area contributed by atoms with Crippen LogP contribution in [0.5, 0.6) is 0 Å². The first-order valence-electron chi connectivity index (χ1n) is 6.25. The first kappa shape index (κ1) is 12.8. The van der Waals surface area contributed by atoms with Crippen molar-refractivity contribution in [1.82, 2.24) is 10.3 Å². The van der Waals surface area contributed by atoms with Crippen molar-refractivity contribution in [2.75, 3.05) is 11.5 Å². The van der Waals surface area contributed by atoms with Gasteiger partial charge in [-0.3, -0.25) is 4.98 Å². The summed E-state index contributed by atoms with van der Waals surface area (Å²) in [5, 5.41) is 3.64. The lowest BCUT2D eigenvalue weighted by atomic mass is 10.1. The number of thioether (sulfide) groups is 1. The first-order chi connectivity index (χ1) is 8.29. The summed E-state index contributed by atoms with van der Waals surface area (Å²) in [7, 11) is 0. The van der Waals surface area contributed by atoms with Gasteiger partial charge in [-0.05, 0) is 37.1 Å². The van der Waals surface area contributed by atoms with Crippen molar-refractivity contribution < 1.29 is 4.39 Å². The Morgan fingerprint density at radius 2 is 2.47 bits per heavy atom. The molecule has 1 fully saturated rings. The molecule has 1 aliphatic rings. The molecular weight excluding hydrogens is 235 g/mol. The van der Waals surface area contributed by atoms with Gasteiger partial charge in [0, 0.05) is 17.8 Å². The largest absolute Gasteiger partial charge is 0.305 e. The standard InChI is InChI=1S/C13H19FN2S/c1-2-12(13-6-5-10(14)8-15-13)16-11-4-3-7-17-9-11/h5-6,8,11-12,16H,2-4,7,9H2,1H3. The first-order valence-corrected chi connectivity index (χ1v) is 7.40. The minimum absolute atomic E-state index is 0.249. The third-order valence-electron chi connectivity index (χ3n) is 3.11.